The highest BCUT2D eigenvalue weighted by Gasteiger charge is 2.51. The predicted octanol–water partition coefficient (Wildman–Crippen LogP) is 1.29. The monoisotopic (exact) mass is 220 g/mol. The van der Waals surface area contributed by atoms with Gasteiger partial charge in [-0.15, -0.1) is 0 Å². The first-order chi connectivity index (χ1) is 7.54. The van der Waals surface area contributed by atoms with Crippen molar-refractivity contribution in [2.75, 3.05) is 5.32 Å². The molecule has 2 rings (SSSR count). The van der Waals surface area contributed by atoms with Crippen molar-refractivity contribution in [3.05, 3.63) is 29.8 Å². The molecule has 0 saturated heterocycles. The van der Waals surface area contributed by atoms with Crippen LogP contribution in [0.4, 0.5) is 10.5 Å². The molecule has 0 unspecified atom stereocenters. The van der Waals surface area contributed by atoms with Crippen molar-refractivity contribution in [3.63, 3.8) is 0 Å². The van der Waals surface area contributed by atoms with E-state index in [0.29, 0.717) is 18.5 Å². The number of aliphatic carboxylic acids is 1. The van der Waals surface area contributed by atoms with Crippen molar-refractivity contribution < 1.29 is 14.7 Å². The first kappa shape index (κ1) is 10.5. The van der Waals surface area contributed by atoms with Crippen LogP contribution in [0.1, 0.15) is 18.4 Å². The van der Waals surface area contributed by atoms with Crippen molar-refractivity contribution >= 4 is 17.7 Å². The molecule has 1 aliphatic rings. The lowest BCUT2D eigenvalue weighted by molar-refractivity contribution is -0.140. The predicted molar refractivity (Wildman–Crippen MR) is 58.2 cm³/mol. The van der Waals surface area contributed by atoms with E-state index in [0.717, 1.165) is 5.56 Å². The van der Waals surface area contributed by atoms with Gasteiger partial charge < -0.3 is 16.2 Å². The summed E-state index contributed by atoms with van der Waals surface area (Å²) in [5.74, 6) is -0.789. The van der Waals surface area contributed by atoms with Crippen LogP contribution in [0.15, 0.2) is 24.3 Å². The van der Waals surface area contributed by atoms with Crippen molar-refractivity contribution in [3.8, 4) is 0 Å². The molecule has 84 valence electrons. The molecule has 0 bridgehead atoms. The van der Waals surface area contributed by atoms with Gasteiger partial charge in [-0.25, -0.2) is 4.79 Å². The summed E-state index contributed by atoms with van der Waals surface area (Å²) in [4.78, 5) is 21.6. The molecule has 0 spiro atoms. The molecule has 0 heterocycles. The summed E-state index contributed by atoms with van der Waals surface area (Å²) in [5, 5.41) is 11.5. The number of anilines is 1. The summed E-state index contributed by atoms with van der Waals surface area (Å²) in [6, 6.07) is 6.11. The van der Waals surface area contributed by atoms with Crippen molar-refractivity contribution in [2.24, 2.45) is 5.73 Å². The van der Waals surface area contributed by atoms with E-state index in [4.69, 9.17) is 10.8 Å². The molecule has 16 heavy (non-hydrogen) atoms. The Bertz CT molecular complexity index is 435. The van der Waals surface area contributed by atoms with Gasteiger partial charge >= 0.3 is 12.0 Å². The van der Waals surface area contributed by atoms with Gasteiger partial charge in [-0.2, -0.15) is 0 Å². The molecule has 1 saturated carbocycles. The largest absolute Gasteiger partial charge is 0.481 e. The highest BCUT2D eigenvalue weighted by atomic mass is 16.4. The zero-order valence-electron chi connectivity index (χ0n) is 8.56. The second kappa shape index (κ2) is 3.52. The van der Waals surface area contributed by atoms with Gasteiger partial charge in [0, 0.05) is 5.69 Å². The van der Waals surface area contributed by atoms with Gasteiger partial charge in [0.25, 0.3) is 0 Å². The van der Waals surface area contributed by atoms with Crippen LogP contribution in [0.25, 0.3) is 0 Å². The first-order valence-corrected chi connectivity index (χ1v) is 4.95. The van der Waals surface area contributed by atoms with Crippen LogP contribution in [-0.4, -0.2) is 17.1 Å². The summed E-state index contributed by atoms with van der Waals surface area (Å²) in [6.07, 6.45) is 1.34. The number of carbonyl (C=O) groups excluding carboxylic acids is 1. The summed E-state index contributed by atoms with van der Waals surface area (Å²) < 4.78 is 0. The van der Waals surface area contributed by atoms with Gasteiger partial charge in [0.2, 0.25) is 0 Å². The van der Waals surface area contributed by atoms with Crippen LogP contribution in [0.3, 0.4) is 0 Å². The van der Waals surface area contributed by atoms with Crippen molar-refractivity contribution in [1.29, 1.82) is 0 Å². The SMILES string of the molecule is NC(=O)Nc1ccc(C2(C(=O)O)CC2)cc1. The Balaban J connectivity index is 2.20. The molecule has 1 aliphatic carbocycles. The zero-order valence-corrected chi connectivity index (χ0v) is 8.56. The maximum Gasteiger partial charge on any atom is 0.316 e. The lowest BCUT2D eigenvalue weighted by Gasteiger charge is -2.10. The second-order valence-corrected chi connectivity index (χ2v) is 3.95. The second-order valence-electron chi connectivity index (χ2n) is 3.95. The molecule has 2 amide bonds. The third-order valence-electron chi connectivity index (χ3n) is 2.86. The molecule has 0 radical (unpaired) electrons. The Morgan fingerprint density at radius 1 is 1.25 bits per heavy atom. The number of benzene rings is 1. The number of primary amides is 1. The van der Waals surface area contributed by atoms with Gasteiger partial charge in [0.05, 0.1) is 5.41 Å². The third-order valence-corrected chi connectivity index (χ3v) is 2.86. The molecule has 1 fully saturated rings. The van der Waals surface area contributed by atoms with E-state index in [-0.39, 0.29) is 0 Å². The van der Waals surface area contributed by atoms with Gasteiger partial charge in [0.15, 0.2) is 0 Å². The van der Waals surface area contributed by atoms with Gasteiger partial charge in [-0.05, 0) is 30.5 Å². The minimum absolute atomic E-state index is 0.567. The number of hydrogen-bond donors (Lipinski definition) is 3. The minimum Gasteiger partial charge on any atom is -0.481 e. The van der Waals surface area contributed by atoms with Crippen molar-refractivity contribution in [2.45, 2.75) is 18.3 Å². The number of carboxylic acids is 1. The Labute approximate surface area is 92.3 Å². The molecule has 0 aromatic heterocycles. The minimum atomic E-state index is -0.789. The van der Waals surface area contributed by atoms with E-state index < -0.39 is 17.4 Å². The number of carbonyl (C=O) groups is 2. The maximum atomic E-state index is 11.1. The average molecular weight is 220 g/mol. The smallest absolute Gasteiger partial charge is 0.316 e. The summed E-state index contributed by atoms with van der Waals surface area (Å²) >= 11 is 0. The molecule has 0 aliphatic heterocycles. The van der Waals surface area contributed by atoms with Crippen molar-refractivity contribution in [1.82, 2.24) is 0 Å². The Hall–Kier alpha value is -2.04. The number of hydrogen-bond acceptors (Lipinski definition) is 2. The lowest BCUT2D eigenvalue weighted by Crippen LogP contribution is -2.20. The van der Waals surface area contributed by atoms with Gasteiger partial charge in [0.1, 0.15) is 0 Å². The fourth-order valence-electron chi connectivity index (χ4n) is 1.77. The summed E-state index contributed by atoms with van der Waals surface area (Å²) in [7, 11) is 0. The van der Waals surface area contributed by atoms with Crippen LogP contribution in [0.2, 0.25) is 0 Å². The van der Waals surface area contributed by atoms with E-state index in [2.05, 4.69) is 5.32 Å². The topological polar surface area (TPSA) is 92.4 Å². The maximum absolute atomic E-state index is 11.1. The summed E-state index contributed by atoms with van der Waals surface area (Å²) in [6.45, 7) is 0. The van der Waals surface area contributed by atoms with Crippen LogP contribution in [0, 0.1) is 0 Å². The van der Waals surface area contributed by atoms with Crippen LogP contribution in [0.5, 0.6) is 0 Å². The molecule has 5 heteroatoms. The molecule has 0 atom stereocenters. The number of rotatable bonds is 3. The number of amides is 2. The van der Waals surface area contributed by atoms with E-state index in [1.165, 1.54) is 0 Å². The number of nitrogens with two attached hydrogens (primary N) is 1. The molecule has 4 N–H and O–H groups in total. The summed E-state index contributed by atoms with van der Waals surface area (Å²) in [5.41, 5.74) is 5.60. The number of nitrogens with one attached hydrogen (secondary N) is 1. The number of urea groups is 1. The van der Waals surface area contributed by atoms with Crippen LogP contribution < -0.4 is 11.1 Å². The average Bonchev–Trinajstić information content (AvgIpc) is 2.98. The third kappa shape index (κ3) is 1.71. The molecule has 1 aromatic rings. The van der Waals surface area contributed by atoms with Gasteiger partial charge in [-0.3, -0.25) is 4.79 Å². The Kier molecular flexibility index (Phi) is 2.30. The molecular formula is C11H12N2O3. The van der Waals surface area contributed by atoms with E-state index in [9.17, 15) is 9.59 Å². The Morgan fingerprint density at radius 3 is 2.19 bits per heavy atom. The lowest BCUT2D eigenvalue weighted by atomic mass is 9.96. The quantitative estimate of drug-likeness (QED) is 0.716. The fourth-order valence-corrected chi connectivity index (χ4v) is 1.77. The fraction of sp³-hybridized carbons (Fsp3) is 0.273. The van der Waals surface area contributed by atoms with Gasteiger partial charge in [-0.1, -0.05) is 12.1 Å². The van der Waals surface area contributed by atoms with E-state index in [1.807, 2.05) is 0 Å². The number of carboxylic acid groups (broad SMARTS) is 1. The van der Waals surface area contributed by atoms with Crippen LogP contribution in [-0.2, 0) is 10.2 Å². The highest BCUT2D eigenvalue weighted by Crippen LogP contribution is 2.48. The van der Waals surface area contributed by atoms with Crippen LogP contribution >= 0.6 is 0 Å². The molecular weight excluding hydrogens is 208 g/mol. The Morgan fingerprint density at radius 2 is 1.81 bits per heavy atom. The first-order valence-electron chi connectivity index (χ1n) is 4.95. The standard InChI is InChI=1S/C11H12N2O3/c12-10(16)13-8-3-1-7(2-4-8)11(5-6-11)9(14)15/h1-4H,5-6H2,(H,14,15)(H3,12,13,16). The normalized spacial score (nSPS) is 16.5. The zero-order chi connectivity index (χ0) is 11.8. The van der Waals surface area contributed by atoms with E-state index >= 15 is 0 Å². The molecule has 5 nitrogen and oxygen atoms in total. The van der Waals surface area contributed by atoms with E-state index in [1.54, 1.807) is 24.3 Å². The molecule has 1 aromatic carbocycles. The highest BCUT2D eigenvalue weighted by molar-refractivity contribution is 5.88.